The van der Waals surface area contributed by atoms with E-state index in [0.29, 0.717) is 65.4 Å². The number of nitrogens with zero attached hydrogens (tertiary/aromatic N) is 3. The van der Waals surface area contributed by atoms with E-state index in [-0.39, 0.29) is 18.3 Å². The van der Waals surface area contributed by atoms with E-state index < -0.39 is 5.97 Å². The summed E-state index contributed by atoms with van der Waals surface area (Å²) in [6.45, 7) is 4.24. The van der Waals surface area contributed by atoms with Crippen LogP contribution in [-0.2, 0) is 11.2 Å². The van der Waals surface area contributed by atoms with Crippen molar-refractivity contribution in [3.63, 3.8) is 0 Å². The summed E-state index contributed by atoms with van der Waals surface area (Å²) < 4.78 is 27.6. The fraction of sp³-hybridized carbons (Fsp3) is 0.345. The molecule has 1 aliphatic rings. The SMILES string of the molecule is CCc1ccc(-c2c(-c3ccccc3)oc3ncnc(O[C@@H]4CCCN(CCCC(=O)O)C4)c23)cc1F. The van der Waals surface area contributed by atoms with Crippen LogP contribution in [0, 0.1) is 5.82 Å². The Morgan fingerprint density at radius 1 is 1.19 bits per heavy atom. The molecule has 1 aliphatic heterocycles. The summed E-state index contributed by atoms with van der Waals surface area (Å²) in [5.41, 5.74) is 3.26. The number of aliphatic carboxylic acids is 1. The average molecular weight is 504 g/mol. The van der Waals surface area contributed by atoms with Crippen molar-refractivity contribution < 1.29 is 23.4 Å². The number of ether oxygens (including phenoxy) is 1. The van der Waals surface area contributed by atoms with Gasteiger partial charge in [0.1, 0.15) is 29.4 Å². The van der Waals surface area contributed by atoms with E-state index in [1.54, 1.807) is 6.07 Å². The second-order valence-corrected chi connectivity index (χ2v) is 9.37. The number of furan rings is 1. The third-order valence-electron chi connectivity index (χ3n) is 6.82. The molecule has 7 nitrogen and oxygen atoms in total. The van der Waals surface area contributed by atoms with Crippen LogP contribution in [0.5, 0.6) is 5.88 Å². The molecule has 0 saturated carbocycles. The number of piperidine rings is 1. The first-order chi connectivity index (χ1) is 18.0. The van der Waals surface area contributed by atoms with Crippen LogP contribution in [0.15, 0.2) is 59.3 Å². The maximum atomic E-state index is 14.9. The van der Waals surface area contributed by atoms with Crippen LogP contribution in [0.3, 0.4) is 0 Å². The lowest BCUT2D eigenvalue weighted by atomic mass is 9.97. The smallest absolute Gasteiger partial charge is 0.303 e. The Morgan fingerprint density at radius 3 is 2.78 bits per heavy atom. The number of carbonyl (C=O) groups is 1. The van der Waals surface area contributed by atoms with Crippen molar-refractivity contribution in [2.24, 2.45) is 0 Å². The minimum Gasteiger partial charge on any atom is -0.481 e. The third-order valence-corrected chi connectivity index (χ3v) is 6.82. The number of rotatable bonds is 9. The van der Waals surface area contributed by atoms with Gasteiger partial charge in [0, 0.05) is 24.1 Å². The normalized spacial score (nSPS) is 16.2. The number of aryl methyl sites for hydroxylation is 1. The lowest BCUT2D eigenvalue weighted by Crippen LogP contribution is -2.41. The highest BCUT2D eigenvalue weighted by Crippen LogP contribution is 2.44. The zero-order chi connectivity index (χ0) is 25.8. The van der Waals surface area contributed by atoms with Crippen LogP contribution in [0.2, 0.25) is 0 Å². The number of likely N-dealkylation sites (tertiary alicyclic amines) is 1. The molecule has 3 heterocycles. The number of hydrogen-bond donors (Lipinski definition) is 1. The summed E-state index contributed by atoms with van der Waals surface area (Å²) in [5, 5.41) is 9.57. The first-order valence-electron chi connectivity index (χ1n) is 12.8. The molecule has 0 aliphatic carbocycles. The molecule has 8 heteroatoms. The average Bonchev–Trinajstić information content (AvgIpc) is 3.30. The van der Waals surface area contributed by atoms with Gasteiger partial charge in [-0.15, -0.1) is 0 Å². The zero-order valence-corrected chi connectivity index (χ0v) is 20.8. The monoisotopic (exact) mass is 503 g/mol. The highest BCUT2D eigenvalue weighted by molar-refractivity contribution is 6.03. The van der Waals surface area contributed by atoms with Gasteiger partial charge in [0.2, 0.25) is 11.6 Å². The lowest BCUT2D eigenvalue weighted by Gasteiger charge is -2.32. The molecule has 0 bridgehead atoms. The maximum Gasteiger partial charge on any atom is 0.303 e. The number of fused-ring (bicyclic) bond motifs is 1. The summed E-state index contributed by atoms with van der Waals surface area (Å²) in [5.74, 6) is -0.0536. The summed E-state index contributed by atoms with van der Waals surface area (Å²) in [6.07, 6.45) is 4.48. The van der Waals surface area contributed by atoms with Crippen LogP contribution >= 0.6 is 0 Å². The topological polar surface area (TPSA) is 88.7 Å². The summed E-state index contributed by atoms with van der Waals surface area (Å²) in [4.78, 5) is 22.0. The van der Waals surface area contributed by atoms with Gasteiger partial charge in [-0.3, -0.25) is 9.69 Å². The second-order valence-electron chi connectivity index (χ2n) is 9.37. The minimum atomic E-state index is -0.779. The highest BCUT2D eigenvalue weighted by Gasteiger charge is 2.27. The lowest BCUT2D eigenvalue weighted by molar-refractivity contribution is -0.137. The molecule has 2 aromatic heterocycles. The Bertz CT molecular complexity index is 1390. The molecule has 192 valence electrons. The molecule has 0 radical (unpaired) electrons. The summed E-state index contributed by atoms with van der Waals surface area (Å²) >= 11 is 0. The number of aromatic nitrogens is 2. The van der Waals surface area contributed by atoms with Gasteiger partial charge in [-0.2, -0.15) is 0 Å². The molecule has 1 N–H and O–H groups in total. The standard InChI is InChI=1S/C29H30FN3O4/c1-2-19-12-13-21(16-23(19)30)25-26-28(36-22-10-6-14-33(17-22)15-7-11-24(34)35)31-18-32-29(26)37-27(25)20-8-4-3-5-9-20/h3-5,8-9,12-13,16,18,22H,2,6-7,10-11,14-15,17H2,1H3,(H,34,35)/t22-/m1/s1. The number of hydrogen-bond acceptors (Lipinski definition) is 6. The number of benzene rings is 2. The number of halogens is 1. The fourth-order valence-electron chi connectivity index (χ4n) is 4.98. The van der Waals surface area contributed by atoms with Crippen LogP contribution in [-0.4, -0.2) is 51.7 Å². The predicted molar refractivity (Wildman–Crippen MR) is 139 cm³/mol. The Hall–Kier alpha value is -3.78. The molecule has 0 spiro atoms. The number of carboxylic acids is 1. The van der Waals surface area contributed by atoms with Crippen LogP contribution in [0.1, 0.15) is 38.2 Å². The van der Waals surface area contributed by atoms with Crippen molar-refractivity contribution >= 4 is 17.1 Å². The molecule has 1 fully saturated rings. The molecular formula is C29H30FN3O4. The van der Waals surface area contributed by atoms with Crippen molar-refractivity contribution in [2.75, 3.05) is 19.6 Å². The van der Waals surface area contributed by atoms with Gasteiger partial charge in [-0.25, -0.2) is 14.4 Å². The van der Waals surface area contributed by atoms with E-state index in [9.17, 15) is 9.18 Å². The van der Waals surface area contributed by atoms with Gasteiger partial charge in [-0.1, -0.05) is 49.4 Å². The Labute approximate surface area is 214 Å². The predicted octanol–water partition coefficient (Wildman–Crippen LogP) is 5.97. The molecule has 37 heavy (non-hydrogen) atoms. The van der Waals surface area contributed by atoms with Gasteiger partial charge in [0.05, 0.1) is 0 Å². The van der Waals surface area contributed by atoms with Gasteiger partial charge in [0.25, 0.3) is 0 Å². The molecule has 1 saturated heterocycles. The second kappa shape index (κ2) is 11.1. The Balaban J connectivity index is 1.53. The quantitative estimate of drug-likeness (QED) is 0.301. The van der Waals surface area contributed by atoms with Crippen molar-refractivity contribution in [3.8, 4) is 28.3 Å². The van der Waals surface area contributed by atoms with E-state index in [1.165, 1.54) is 12.4 Å². The van der Waals surface area contributed by atoms with E-state index in [2.05, 4.69) is 14.9 Å². The Morgan fingerprint density at radius 2 is 2.03 bits per heavy atom. The minimum absolute atomic E-state index is 0.112. The van der Waals surface area contributed by atoms with Gasteiger partial charge >= 0.3 is 5.97 Å². The number of carboxylic acid groups (broad SMARTS) is 1. The third kappa shape index (κ3) is 5.49. The van der Waals surface area contributed by atoms with Crippen LogP contribution in [0.4, 0.5) is 4.39 Å². The van der Waals surface area contributed by atoms with Crippen LogP contribution < -0.4 is 4.74 Å². The van der Waals surface area contributed by atoms with Crippen LogP contribution in [0.25, 0.3) is 33.6 Å². The first-order valence-corrected chi connectivity index (χ1v) is 12.8. The largest absolute Gasteiger partial charge is 0.481 e. The first kappa shape index (κ1) is 24.9. The molecule has 0 unspecified atom stereocenters. The van der Waals surface area contributed by atoms with E-state index >= 15 is 0 Å². The van der Waals surface area contributed by atoms with E-state index in [0.717, 1.165) is 24.9 Å². The van der Waals surface area contributed by atoms with Crippen molar-refractivity contribution in [3.05, 3.63) is 66.2 Å². The van der Waals surface area contributed by atoms with E-state index in [1.807, 2.05) is 43.3 Å². The maximum absolute atomic E-state index is 14.9. The molecular weight excluding hydrogens is 473 g/mol. The summed E-state index contributed by atoms with van der Waals surface area (Å²) in [7, 11) is 0. The molecule has 5 rings (SSSR count). The van der Waals surface area contributed by atoms with E-state index in [4.69, 9.17) is 14.3 Å². The highest BCUT2D eigenvalue weighted by atomic mass is 19.1. The molecule has 1 atom stereocenters. The van der Waals surface area contributed by atoms with Gasteiger partial charge in [0.15, 0.2) is 0 Å². The molecule has 4 aromatic rings. The fourth-order valence-corrected chi connectivity index (χ4v) is 4.98. The molecule has 0 amide bonds. The summed E-state index contributed by atoms with van der Waals surface area (Å²) in [6, 6.07) is 14.9. The van der Waals surface area contributed by atoms with Crippen molar-refractivity contribution in [1.82, 2.24) is 14.9 Å². The van der Waals surface area contributed by atoms with Crippen molar-refractivity contribution in [2.45, 2.75) is 45.1 Å². The zero-order valence-electron chi connectivity index (χ0n) is 20.8. The molecule has 2 aromatic carbocycles. The van der Waals surface area contributed by atoms with Gasteiger partial charge in [-0.05, 0) is 56.0 Å². The van der Waals surface area contributed by atoms with Crippen molar-refractivity contribution in [1.29, 1.82) is 0 Å². The Kier molecular flexibility index (Phi) is 7.46. The van der Waals surface area contributed by atoms with Gasteiger partial charge < -0.3 is 14.3 Å².